The van der Waals surface area contributed by atoms with Crippen LogP contribution in [0.15, 0.2) is 78.9 Å². The molecule has 0 radical (unpaired) electrons. The summed E-state index contributed by atoms with van der Waals surface area (Å²) in [6.45, 7) is 0.978. The van der Waals surface area contributed by atoms with Crippen molar-refractivity contribution in [1.82, 2.24) is 0 Å². The van der Waals surface area contributed by atoms with Gasteiger partial charge in [-0.15, -0.1) is 0 Å². The molecule has 3 aromatic carbocycles. The average molecular weight is 399 g/mol. The molecule has 3 aromatic rings. The van der Waals surface area contributed by atoms with Crippen LogP contribution in [0, 0.1) is 0 Å². The molecule has 4 rings (SSSR count). The number of carboxylic acids is 1. The van der Waals surface area contributed by atoms with E-state index in [0.29, 0.717) is 18.9 Å². The molecule has 30 heavy (non-hydrogen) atoms. The van der Waals surface area contributed by atoms with Crippen molar-refractivity contribution in [3.63, 3.8) is 0 Å². The maximum Gasteiger partial charge on any atom is 0.339 e. The number of carbonyl (C=O) groups is 1. The van der Waals surface area contributed by atoms with Gasteiger partial charge in [0.25, 0.3) is 0 Å². The SMILES string of the molecule is O=C(O)c1ccc(NCc2ccc(C3=CCCC3)cc2)cc1OCc1ccccc1. The van der Waals surface area contributed by atoms with Crippen molar-refractivity contribution < 1.29 is 14.6 Å². The van der Waals surface area contributed by atoms with Crippen molar-refractivity contribution in [2.24, 2.45) is 0 Å². The second-order valence-corrected chi connectivity index (χ2v) is 7.46. The van der Waals surface area contributed by atoms with Crippen molar-refractivity contribution in [3.05, 3.63) is 101 Å². The molecule has 1 aliphatic rings. The van der Waals surface area contributed by atoms with Crippen LogP contribution in [-0.4, -0.2) is 11.1 Å². The lowest BCUT2D eigenvalue weighted by Gasteiger charge is -2.13. The van der Waals surface area contributed by atoms with Crippen molar-refractivity contribution in [2.75, 3.05) is 5.32 Å². The van der Waals surface area contributed by atoms with Crippen LogP contribution in [-0.2, 0) is 13.2 Å². The maximum absolute atomic E-state index is 11.6. The molecule has 4 nitrogen and oxygen atoms in total. The fourth-order valence-corrected chi connectivity index (χ4v) is 3.64. The van der Waals surface area contributed by atoms with Crippen LogP contribution in [0.4, 0.5) is 5.69 Å². The highest BCUT2D eigenvalue weighted by Crippen LogP contribution is 2.28. The van der Waals surface area contributed by atoms with Gasteiger partial charge in [-0.2, -0.15) is 0 Å². The molecule has 0 atom stereocenters. The monoisotopic (exact) mass is 399 g/mol. The highest BCUT2D eigenvalue weighted by atomic mass is 16.5. The minimum absolute atomic E-state index is 0.158. The summed E-state index contributed by atoms with van der Waals surface area (Å²) < 4.78 is 5.82. The third kappa shape index (κ3) is 4.90. The molecular formula is C26H25NO3. The van der Waals surface area contributed by atoms with Crippen LogP contribution in [0.3, 0.4) is 0 Å². The lowest BCUT2D eigenvalue weighted by Crippen LogP contribution is -2.05. The first kappa shape index (κ1) is 19.8. The zero-order valence-electron chi connectivity index (χ0n) is 16.8. The molecule has 0 fully saturated rings. The predicted octanol–water partition coefficient (Wildman–Crippen LogP) is 6.14. The van der Waals surface area contributed by atoms with Crippen LogP contribution in [0.2, 0.25) is 0 Å². The quantitative estimate of drug-likeness (QED) is 0.477. The predicted molar refractivity (Wildman–Crippen MR) is 120 cm³/mol. The Morgan fingerprint density at radius 3 is 2.47 bits per heavy atom. The first-order valence-corrected chi connectivity index (χ1v) is 10.3. The summed E-state index contributed by atoms with van der Waals surface area (Å²) in [4.78, 5) is 11.6. The fourth-order valence-electron chi connectivity index (χ4n) is 3.64. The second-order valence-electron chi connectivity index (χ2n) is 7.46. The van der Waals surface area contributed by atoms with E-state index in [2.05, 4.69) is 35.7 Å². The molecule has 0 unspecified atom stereocenters. The van der Waals surface area contributed by atoms with Crippen LogP contribution >= 0.6 is 0 Å². The van der Waals surface area contributed by atoms with Crippen LogP contribution in [0.1, 0.15) is 46.3 Å². The summed E-state index contributed by atoms with van der Waals surface area (Å²) in [5, 5.41) is 12.8. The number of nitrogens with one attached hydrogen (secondary N) is 1. The van der Waals surface area contributed by atoms with E-state index in [1.54, 1.807) is 18.2 Å². The third-order valence-corrected chi connectivity index (χ3v) is 5.31. The summed E-state index contributed by atoms with van der Waals surface area (Å²) in [5.74, 6) is -0.638. The van der Waals surface area contributed by atoms with E-state index in [-0.39, 0.29) is 5.56 Å². The summed E-state index contributed by atoms with van der Waals surface area (Å²) in [6, 6.07) is 23.5. The fraction of sp³-hybridized carbons (Fsp3) is 0.192. The zero-order valence-corrected chi connectivity index (χ0v) is 16.8. The normalized spacial score (nSPS) is 13.0. The van der Waals surface area contributed by atoms with Crippen molar-refractivity contribution in [3.8, 4) is 5.75 Å². The Morgan fingerprint density at radius 2 is 1.77 bits per heavy atom. The van der Waals surface area contributed by atoms with Gasteiger partial charge in [-0.25, -0.2) is 4.79 Å². The van der Waals surface area contributed by atoms with Gasteiger partial charge in [0, 0.05) is 18.3 Å². The maximum atomic E-state index is 11.6. The van der Waals surface area contributed by atoms with Gasteiger partial charge in [-0.05, 0) is 53.7 Å². The Bertz CT molecular complexity index is 1040. The molecule has 0 aromatic heterocycles. The first-order chi connectivity index (χ1) is 14.7. The van der Waals surface area contributed by atoms with E-state index in [9.17, 15) is 9.90 Å². The molecule has 0 bridgehead atoms. The zero-order chi connectivity index (χ0) is 20.8. The van der Waals surface area contributed by atoms with Gasteiger partial charge in [0.1, 0.15) is 17.9 Å². The molecule has 2 N–H and O–H groups in total. The van der Waals surface area contributed by atoms with Crippen molar-refractivity contribution >= 4 is 17.2 Å². The number of allylic oxidation sites excluding steroid dienone is 2. The Kier molecular flexibility index (Phi) is 6.14. The lowest BCUT2D eigenvalue weighted by molar-refractivity contribution is 0.0692. The van der Waals surface area contributed by atoms with E-state index in [4.69, 9.17) is 4.74 Å². The summed E-state index contributed by atoms with van der Waals surface area (Å²) in [5.41, 5.74) is 5.89. The average Bonchev–Trinajstić information content (AvgIpc) is 3.32. The Balaban J connectivity index is 1.42. The highest BCUT2D eigenvalue weighted by Gasteiger charge is 2.13. The van der Waals surface area contributed by atoms with Gasteiger partial charge in [0.15, 0.2) is 0 Å². The van der Waals surface area contributed by atoms with Gasteiger partial charge < -0.3 is 15.2 Å². The Hall–Kier alpha value is -3.53. The molecule has 4 heteroatoms. The van der Waals surface area contributed by atoms with E-state index in [0.717, 1.165) is 11.3 Å². The molecule has 0 spiro atoms. The summed E-state index contributed by atoms with van der Waals surface area (Å²) in [6.07, 6.45) is 5.92. The van der Waals surface area contributed by atoms with E-state index in [1.807, 2.05) is 30.3 Å². The molecular weight excluding hydrogens is 374 g/mol. The van der Waals surface area contributed by atoms with Gasteiger partial charge in [0.05, 0.1) is 0 Å². The minimum Gasteiger partial charge on any atom is -0.488 e. The molecule has 1 aliphatic carbocycles. The second kappa shape index (κ2) is 9.31. The molecule has 0 saturated carbocycles. The third-order valence-electron chi connectivity index (χ3n) is 5.31. The molecule has 152 valence electrons. The largest absolute Gasteiger partial charge is 0.488 e. The number of ether oxygens (including phenoxy) is 1. The van der Waals surface area contributed by atoms with E-state index in [1.165, 1.54) is 36.0 Å². The number of carboxylic acid groups (broad SMARTS) is 1. The standard InChI is InChI=1S/C26H25NO3/c28-26(29)24-15-14-23(16-25(24)30-18-20-6-2-1-3-7-20)27-17-19-10-12-22(13-11-19)21-8-4-5-9-21/h1-3,6-8,10-16,27H,4-5,9,17-18H2,(H,28,29). The molecule has 0 heterocycles. The summed E-state index contributed by atoms with van der Waals surface area (Å²) in [7, 11) is 0. The minimum atomic E-state index is -0.999. The highest BCUT2D eigenvalue weighted by molar-refractivity contribution is 5.91. The van der Waals surface area contributed by atoms with Crippen LogP contribution < -0.4 is 10.1 Å². The Labute approximate surface area is 176 Å². The van der Waals surface area contributed by atoms with Crippen LogP contribution in [0.25, 0.3) is 5.57 Å². The molecule has 0 amide bonds. The molecule has 0 aliphatic heterocycles. The van der Waals surface area contributed by atoms with Gasteiger partial charge in [-0.1, -0.05) is 60.7 Å². The molecule has 0 saturated heterocycles. The van der Waals surface area contributed by atoms with E-state index >= 15 is 0 Å². The van der Waals surface area contributed by atoms with Crippen molar-refractivity contribution in [1.29, 1.82) is 0 Å². The lowest BCUT2D eigenvalue weighted by atomic mass is 10.0. The topological polar surface area (TPSA) is 58.6 Å². The first-order valence-electron chi connectivity index (χ1n) is 10.3. The Morgan fingerprint density at radius 1 is 0.967 bits per heavy atom. The smallest absolute Gasteiger partial charge is 0.339 e. The number of aromatic carboxylic acids is 1. The number of anilines is 1. The summed E-state index contributed by atoms with van der Waals surface area (Å²) >= 11 is 0. The van der Waals surface area contributed by atoms with Crippen LogP contribution in [0.5, 0.6) is 5.75 Å². The number of hydrogen-bond donors (Lipinski definition) is 2. The van der Waals surface area contributed by atoms with Gasteiger partial charge >= 0.3 is 5.97 Å². The number of benzene rings is 3. The van der Waals surface area contributed by atoms with Gasteiger partial charge in [-0.3, -0.25) is 0 Å². The number of hydrogen-bond acceptors (Lipinski definition) is 3. The van der Waals surface area contributed by atoms with Gasteiger partial charge in [0.2, 0.25) is 0 Å². The number of rotatable bonds is 8. The van der Waals surface area contributed by atoms with Crippen molar-refractivity contribution in [2.45, 2.75) is 32.4 Å². The van der Waals surface area contributed by atoms with E-state index < -0.39 is 5.97 Å².